The van der Waals surface area contributed by atoms with Crippen LogP contribution in [0.25, 0.3) is 11.3 Å². The van der Waals surface area contributed by atoms with Crippen molar-refractivity contribution in [2.75, 3.05) is 44.2 Å². The van der Waals surface area contributed by atoms with Crippen LogP contribution in [0.4, 0.5) is 5.69 Å². The highest BCUT2D eigenvalue weighted by molar-refractivity contribution is 5.94. The van der Waals surface area contributed by atoms with E-state index in [2.05, 4.69) is 39.4 Å². The third-order valence-electron chi connectivity index (χ3n) is 5.61. The van der Waals surface area contributed by atoms with Crippen LogP contribution < -0.4 is 10.2 Å². The summed E-state index contributed by atoms with van der Waals surface area (Å²) < 4.78 is 5.72. The highest BCUT2D eigenvalue weighted by atomic mass is 16.3. The Morgan fingerprint density at radius 1 is 0.903 bits per heavy atom. The van der Waals surface area contributed by atoms with E-state index in [9.17, 15) is 9.59 Å². The topological polar surface area (TPSA) is 65.8 Å². The minimum absolute atomic E-state index is 0.0209. The van der Waals surface area contributed by atoms with E-state index < -0.39 is 0 Å². The van der Waals surface area contributed by atoms with Crippen molar-refractivity contribution in [3.8, 4) is 11.3 Å². The molecule has 1 aliphatic heterocycles. The summed E-state index contributed by atoms with van der Waals surface area (Å²) in [5.74, 6) is 0.707. The molecular weight excluding hydrogens is 390 g/mol. The number of piperazine rings is 1. The molecule has 0 atom stereocenters. The van der Waals surface area contributed by atoms with Crippen LogP contribution in [-0.2, 0) is 0 Å². The maximum atomic E-state index is 12.4. The Kier molecular flexibility index (Phi) is 6.48. The Bertz CT molecular complexity index is 1020. The molecule has 6 heteroatoms. The van der Waals surface area contributed by atoms with Gasteiger partial charge in [0.05, 0.1) is 0 Å². The molecule has 3 aromatic rings. The van der Waals surface area contributed by atoms with Crippen LogP contribution in [-0.4, -0.2) is 55.9 Å². The smallest absolute Gasteiger partial charge is 0.287 e. The fourth-order valence-corrected chi connectivity index (χ4v) is 3.77. The van der Waals surface area contributed by atoms with Gasteiger partial charge < -0.3 is 14.6 Å². The lowest BCUT2D eigenvalue weighted by molar-refractivity contribution is 0.0920. The summed E-state index contributed by atoms with van der Waals surface area (Å²) in [6.45, 7) is 6.86. The largest absolute Gasteiger partial charge is 0.451 e. The Morgan fingerprint density at radius 2 is 1.61 bits per heavy atom. The Labute approximate surface area is 182 Å². The van der Waals surface area contributed by atoms with Crippen LogP contribution in [0.3, 0.4) is 0 Å². The first-order valence-electron chi connectivity index (χ1n) is 10.6. The van der Waals surface area contributed by atoms with Crippen LogP contribution in [0.1, 0.15) is 27.8 Å². The Balaban J connectivity index is 1.23. The van der Waals surface area contributed by atoms with E-state index in [4.69, 9.17) is 4.42 Å². The molecule has 31 heavy (non-hydrogen) atoms. The van der Waals surface area contributed by atoms with E-state index in [0.29, 0.717) is 23.6 Å². The minimum Gasteiger partial charge on any atom is -0.451 e. The predicted octanol–water partition coefficient (Wildman–Crippen LogP) is 3.70. The summed E-state index contributed by atoms with van der Waals surface area (Å²) in [7, 11) is 0. The first kappa shape index (κ1) is 20.9. The van der Waals surface area contributed by atoms with Crippen molar-refractivity contribution in [2.45, 2.75) is 6.92 Å². The number of amides is 1. The molecule has 0 aliphatic carbocycles. The molecule has 1 N–H and O–H groups in total. The number of benzene rings is 2. The van der Waals surface area contributed by atoms with Gasteiger partial charge in [0, 0.05) is 56.1 Å². The summed E-state index contributed by atoms with van der Waals surface area (Å²) in [5, 5.41) is 2.95. The van der Waals surface area contributed by atoms with Crippen molar-refractivity contribution in [3.63, 3.8) is 0 Å². The molecular formula is C25H27N3O3. The third kappa shape index (κ3) is 5.22. The number of carbonyl (C=O) groups is 2. The number of hydrogen-bond donors (Lipinski definition) is 1. The van der Waals surface area contributed by atoms with Gasteiger partial charge in [0.15, 0.2) is 11.5 Å². The van der Waals surface area contributed by atoms with Gasteiger partial charge in [0.25, 0.3) is 5.91 Å². The molecule has 2 aromatic carbocycles. The number of anilines is 1. The number of ketones is 1. The maximum Gasteiger partial charge on any atom is 0.287 e. The molecule has 1 saturated heterocycles. The molecule has 0 spiro atoms. The van der Waals surface area contributed by atoms with Gasteiger partial charge in [-0.05, 0) is 31.2 Å². The SMILES string of the molecule is CC(=O)c1ccc(-c2ccc(C(=O)NCCN3CCN(c4ccccc4)CC3)o2)cc1. The van der Waals surface area contributed by atoms with Crippen molar-refractivity contribution in [1.82, 2.24) is 10.2 Å². The highest BCUT2D eigenvalue weighted by Gasteiger charge is 2.17. The molecule has 4 rings (SSSR count). The first-order chi connectivity index (χ1) is 15.1. The Hall–Kier alpha value is -3.38. The lowest BCUT2D eigenvalue weighted by atomic mass is 10.1. The molecule has 6 nitrogen and oxygen atoms in total. The number of carbonyl (C=O) groups excluding carboxylic acids is 2. The number of nitrogens with one attached hydrogen (secondary N) is 1. The van der Waals surface area contributed by atoms with Crippen molar-refractivity contribution in [2.24, 2.45) is 0 Å². The summed E-state index contributed by atoms with van der Waals surface area (Å²) >= 11 is 0. The minimum atomic E-state index is -0.213. The maximum absolute atomic E-state index is 12.4. The van der Waals surface area contributed by atoms with Crippen molar-refractivity contribution in [3.05, 3.63) is 78.1 Å². The summed E-state index contributed by atoms with van der Waals surface area (Å²) in [6, 6.07) is 21.1. The van der Waals surface area contributed by atoms with Crippen LogP contribution in [0.2, 0.25) is 0 Å². The van der Waals surface area contributed by atoms with Gasteiger partial charge in [-0.25, -0.2) is 0 Å². The number of rotatable bonds is 7. The second-order valence-corrected chi connectivity index (χ2v) is 7.72. The van der Waals surface area contributed by atoms with Crippen LogP contribution in [0.15, 0.2) is 71.1 Å². The van der Waals surface area contributed by atoms with E-state index >= 15 is 0 Å². The molecule has 0 bridgehead atoms. The molecule has 1 amide bonds. The molecule has 160 valence electrons. The standard InChI is InChI=1S/C25H27N3O3/c1-19(29)20-7-9-21(10-8-20)23-11-12-24(31-23)25(30)26-13-14-27-15-17-28(18-16-27)22-5-3-2-4-6-22/h2-12H,13-18H2,1H3,(H,26,30). The van der Waals surface area contributed by atoms with Gasteiger partial charge in [0.2, 0.25) is 0 Å². The highest BCUT2D eigenvalue weighted by Crippen LogP contribution is 2.23. The number of nitrogens with zero attached hydrogens (tertiary/aromatic N) is 2. The van der Waals surface area contributed by atoms with Gasteiger partial charge in [0.1, 0.15) is 5.76 Å². The summed E-state index contributed by atoms with van der Waals surface area (Å²) in [4.78, 5) is 28.6. The molecule has 0 saturated carbocycles. The van der Waals surface area contributed by atoms with Gasteiger partial charge in [-0.2, -0.15) is 0 Å². The molecule has 1 fully saturated rings. The van der Waals surface area contributed by atoms with E-state index in [-0.39, 0.29) is 11.7 Å². The van der Waals surface area contributed by atoms with E-state index in [1.165, 1.54) is 12.6 Å². The van der Waals surface area contributed by atoms with Crippen molar-refractivity contribution < 1.29 is 14.0 Å². The third-order valence-corrected chi connectivity index (χ3v) is 5.61. The lowest BCUT2D eigenvalue weighted by Crippen LogP contribution is -2.48. The predicted molar refractivity (Wildman–Crippen MR) is 122 cm³/mol. The number of para-hydroxylation sites is 1. The zero-order valence-corrected chi connectivity index (χ0v) is 17.7. The van der Waals surface area contributed by atoms with Crippen LogP contribution in [0, 0.1) is 0 Å². The summed E-state index contributed by atoms with van der Waals surface area (Å²) in [6.07, 6.45) is 0. The van der Waals surface area contributed by atoms with Crippen LogP contribution in [0.5, 0.6) is 0 Å². The lowest BCUT2D eigenvalue weighted by Gasteiger charge is -2.36. The number of Topliss-reactive ketones (excluding diaryl/α,β-unsaturated/α-hetero) is 1. The Morgan fingerprint density at radius 3 is 2.29 bits per heavy atom. The van der Waals surface area contributed by atoms with Crippen molar-refractivity contribution in [1.29, 1.82) is 0 Å². The van der Waals surface area contributed by atoms with Crippen LogP contribution >= 0.6 is 0 Å². The van der Waals surface area contributed by atoms with E-state index in [0.717, 1.165) is 38.3 Å². The second kappa shape index (κ2) is 9.62. The van der Waals surface area contributed by atoms with E-state index in [1.54, 1.807) is 24.3 Å². The number of furan rings is 1. The first-order valence-corrected chi connectivity index (χ1v) is 10.6. The molecule has 1 aromatic heterocycles. The second-order valence-electron chi connectivity index (χ2n) is 7.72. The molecule has 2 heterocycles. The van der Waals surface area contributed by atoms with Crippen molar-refractivity contribution >= 4 is 17.4 Å². The quantitative estimate of drug-likeness (QED) is 0.594. The zero-order valence-electron chi connectivity index (χ0n) is 17.7. The van der Waals surface area contributed by atoms with E-state index in [1.807, 2.05) is 18.2 Å². The monoisotopic (exact) mass is 417 g/mol. The van der Waals surface area contributed by atoms with Gasteiger partial charge in [-0.3, -0.25) is 14.5 Å². The molecule has 0 radical (unpaired) electrons. The summed E-state index contributed by atoms with van der Waals surface area (Å²) in [5.41, 5.74) is 2.75. The van der Waals surface area contributed by atoms with Gasteiger partial charge >= 0.3 is 0 Å². The number of hydrogen-bond acceptors (Lipinski definition) is 5. The zero-order chi connectivity index (χ0) is 21.6. The molecule has 1 aliphatic rings. The average Bonchev–Trinajstić information content (AvgIpc) is 3.31. The molecule has 0 unspecified atom stereocenters. The normalized spacial score (nSPS) is 14.4. The fourth-order valence-electron chi connectivity index (χ4n) is 3.77. The van der Waals surface area contributed by atoms with Gasteiger partial charge in [-0.15, -0.1) is 0 Å². The average molecular weight is 418 g/mol. The fraction of sp³-hybridized carbons (Fsp3) is 0.280. The van der Waals surface area contributed by atoms with Gasteiger partial charge in [-0.1, -0.05) is 42.5 Å².